The van der Waals surface area contributed by atoms with Gasteiger partial charge in [-0.25, -0.2) is 0 Å². The van der Waals surface area contributed by atoms with Crippen molar-refractivity contribution in [3.05, 3.63) is 72.1 Å². The molecule has 108 valence electrons. The lowest BCUT2D eigenvalue weighted by Crippen LogP contribution is -2.33. The highest BCUT2D eigenvalue weighted by atomic mass is 31.2. The summed E-state index contributed by atoms with van der Waals surface area (Å²) in [7, 11) is -2.64. The molecule has 0 radical (unpaired) electrons. The summed E-state index contributed by atoms with van der Waals surface area (Å²) in [5.41, 5.74) is 1.27. The largest absolute Gasteiger partial charge is 0.309 e. The number of fused-ring (bicyclic) bond motifs is 1. The molecule has 0 aromatic heterocycles. The van der Waals surface area contributed by atoms with Crippen LogP contribution >= 0.6 is 7.14 Å². The van der Waals surface area contributed by atoms with Crippen LogP contribution in [-0.2, 0) is 9.98 Å². The second kappa shape index (κ2) is 5.31. The molecule has 1 aliphatic rings. The Balaban J connectivity index is 2.27. The van der Waals surface area contributed by atoms with Gasteiger partial charge in [0.15, 0.2) is 7.14 Å². The summed E-state index contributed by atoms with van der Waals surface area (Å²) in [6, 6.07) is 18.1. The number of benzene rings is 2. The van der Waals surface area contributed by atoms with Gasteiger partial charge >= 0.3 is 0 Å². The molecule has 2 aromatic rings. The SMILES string of the molecule is CCC1(CC)C=CP(=O)(c2ccccc2)c2ccccc21. The molecule has 3 rings (SSSR count). The molecular formula is C19H21OP. The molecule has 0 bridgehead atoms. The van der Waals surface area contributed by atoms with Gasteiger partial charge in [-0.15, -0.1) is 0 Å². The highest BCUT2D eigenvalue weighted by Gasteiger charge is 2.38. The van der Waals surface area contributed by atoms with Crippen molar-refractivity contribution in [2.75, 3.05) is 0 Å². The molecule has 1 aliphatic heterocycles. The van der Waals surface area contributed by atoms with E-state index < -0.39 is 7.14 Å². The van der Waals surface area contributed by atoms with Gasteiger partial charge in [0.2, 0.25) is 0 Å². The van der Waals surface area contributed by atoms with Gasteiger partial charge in [0.05, 0.1) is 0 Å². The standard InChI is InChI=1S/C19H21OP/c1-3-19(4-2)14-15-21(20,16-10-6-5-7-11-16)18-13-9-8-12-17(18)19/h5-15H,3-4H2,1-2H3. The second-order valence-electron chi connectivity index (χ2n) is 5.69. The van der Waals surface area contributed by atoms with Crippen molar-refractivity contribution >= 4 is 17.8 Å². The second-order valence-corrected chi connectivity index (χ2v) is 8.30. The van der Waals surface area contributed by atoms with Gasteiger partial charge in [-0.2, -0.15) is 0 Å². The van der Waals surface area contributed by atoms with E-state index in [4.69, 9.17) is 0 Å². The van der Waals surface area contributed by atoms with E-state index >= 15 is 0 Å². The van der Waals surface area contributed by atoms with Gasteiger partial charge in [0.1, 0.15) is 0 Å². The summed E-state index contributed by atoms with van der Waals surface area (Å²) in [6.07, 6.45) is 4.26. The Labute approximate surface area is 127 Å². The van der Waals surface area contributed by atoms with Crippen molar-refractivity contribution in [3.8, 4) is 0 Å². The van der Waals surface area contributed by atoms with Crippen molar-refractivity contribution in [3.63, 3.8) is 0 Å². The lowest BCUT2D eigenvalue weighted by atomic mass is 9.76. The molecule has 1 unspecified atom stereocenters. The van der Waals surface area contributed by atoms with Crippen molar-refractivity contribution in [2.45, 2.75) is 32.1 Å². The molecule has 0 fully saturated rings. The fourth-order valence-electron chi connectivity index (χ4n) is 3.34. The smallest absolute Gasteiger partial charge is 0.164 e. The van der Waals surface area contributed by atoms with Crippen molar-refractivity contribution in [2.24, 2.45) is 0 Å². The first-order valence-electron chi connectivity index (χ1n) is 7.62. The molecule has 0 N–H and O–H groups in total. The van der Waals surface area contributed by atoms with Crippen LogP contribution in [0, 0.1) is 0 Å². The fraction of sp³-hybridized carbons (Fsp3) is 0.263. The zero-order valence-electron chi connectivity index (χ0n) is 12.6. The van der Waals surface area contributed by atoms with Gasteiger partial charge < -0.3 is 4.57 Å². The average molecular weight is 296 g/mol. The first-order chi connectivity index (χ1) is 10.2. The number of hydrogen-bond acceptors (Lipinski definition) is 1. The third-order valence-corrected chi connectivity index (χ3v) is 7.54. The van der Waals surface area contributed by atoms with Crippen LogP contribution in [0.25, 0.3) is 0 Å². The van der Waals surface area contributed by atoms with E-state index in [1.54, 1.807) is 0 Å². The minimum absolute atomic E-state index is 0.0271. The maximum atomic E-state index is 13.7. The van der Waals surface area contributed by atoms with Crippen LogP contribution in [0.4, 0.5) is 0 Å². The quantitative estimate of drug-likeness (QED) is 0.757. The molecule has 21 heavy (non-hydrogen) atoms. The van der Waals surface area contributed by atoms with Crippen molar-refractivity contribution in [1.82, 2.24) is 0 Å². The van der Waals surface area contributed by atoms with Gasteiger partial charge in [-0.05, 0) is 24.2 Å². The average Bonchev–Trinajstić information content (AvgIpc) is 2.57. The van der Waals surface area contributed by atoms with E-state index in [0.717, 1.165) is 23.5 Å². The Kier molecular flexibility index (Phi) is 3.63. The lowest BCUT2D eigenvalue weighted by Gasteiger charge is -2.36. The summed E-state index contributed by atoms with van der Waals surface area (Å²) in [5.74, 6) is 1.98. The van der Waals surface area contributed by atoms with Crippen LogP contribution in [0.15, 0.2) is 66.5 Å². The Morgan fingerprint density at radius 1 is 0.905 bits per heavy atom. The predicted octanol–water partition coefficient (Wildman–Crippen LogP) is 4.59. The summed E-state index contributed by atoms with van der Waals surface area (Å²) in [5, 5.41) is 1.94. The molecule has 0 amide bonds. The lowest BCUT2D eigenvalue weighted by molar-refractivity contribution is 0.497. The summed E-state index contributed by atoms with van der Waals surface area (Å²) in [6.45, 7) is 4.42. The minimum Gasteiger partial charge on any atom is -0.309 e. The Morgan fingerprint density at radius 2 is 1.52 bits per heavy atom. The number of allylic oxidation sites excluding steroid dienone is 1. The zero-order chi connectivity index (χ0) is 14.9. The van der Waals surface area contributed by atoms with Crippen LogP contribution in [0.1, 0.15) is 32.3 Å². The molecule has 1 atom stereocenters. The molecule has 1 nitrogen and oxygen atoms in total. The molecule has 2 heteroatoms. The maximum Gasteiger partial charge on any atom is 0.164 e. The zero-order valence-corrected chi connectivity index (χ0v) is 13.5. The number of rotatable bonds is 3. The van der Waals surface area contributed by atoms with Crippen molar-refractivity contribution < 1.29 is 4.57 Å². The van der Waals surface area contributed by atoms with E-state index in [1.807, 2.05) is 48.3 Å². The van der Waals surface area contributed by atoms with E-state index in [9.17, 15) is 4.57 Å². The Hall–Kier alpha value is -1.59. The monoisotopic (exact) mass is 296 g/mol. The van der Waals surface area contributed by atoms with Crippen LogP contribution in [-0.4, -0.2) is 0 Å². The minimum atomic E-state index is -2.64. The fourth-order valence-corrected chi connectivity index (χ4v) is 6.03. The van der Waals surface area contributed by atoms with E-state index in [0.29, 0.717) is 0 Å². The van der Waals surface area contributed by atoms with E-state index in [2.05, 4.69) is 32.1 Å². The van der Waals surface area contributed by atoms with E-state index in [-0.39, 0.29) is 5.41 Å². The summed E-state index contributed by atoms with van der Waals surface area (Å²) >= 11 is 0. The number of hydrogen-bond donors (Lipinski definition) is 0. The first-order valence-corrected chi connectivity index (χ1v) is 9.40. The topological polar surface area (TPSA) is 17.1 Å². The van der Waals surface area contributed by atoms with Gasteiger partial charge in [0.25, 0.3) is 0 Å². The van der Waals surface area contributed by atoms with Crippen LogP contribution in [0.2, 0.25) is 0 Å². The molecule has 1 heterocycles. The highest BCUT2D eigenvalue weighted by molar-refractivity contribution is 7.81. The van der Waals surface area contributed by atoms with Crippen LogP contribution in [0.5, 0.6) is 0 Å². The van der Waals surface area contributed by atoms with Gasteiger partial charge in [-0.1, -0.05) is 74.5 Å². The predicted molar refractivity (Wildman–Crippen MR) is 91.2 cm³/mol. The van der Waals surface area contributed by atoms with Crippen LogP contribution in [0.3, 0.4) is 0 Å². The first kappa shape index (κ1) is 14.4. The van der Waals surface area contributed by atoms with Gasteiger partial charge in [-0.3, -0.25) is 0 Å². The third-order valence-electron chi connectivity index (χ3n) is 4.80. The normalized spacial score (nSPS) is 22.8. The molecule has 0 aliphatic carbocycles. The molecular weight excluding hydrogens is 275 g/mol. The molecule has 0 spiro atoms. The third kappa shape index (κ3) is 2.12. The maximum absolute atomic E-state index is 13.7. The van der Waals surface area contributed by atoms with Crippen molar-refractivity contribution in [1.29, 1.82) is 0 Å². The highest BCUT2D eigenvalue weighted by Crippen LogP contribution is 2.53. The summed E-state index contributed by atoms with van der Waals surface area (Å²) in [4.78, 5) is 0. The molecule has 2 aromatic carbocycles. The van der Waals surface area contributed by atoms with E-state index in [1.165, 1.54) is 5.56 Å². The molecule has 0 saturated carbocycles. The van der Waals surface area contributed by atoms with Crippen LogP contribution < -0.4 is 10.6 Å². The molecule has 0 saturated heterocycles. The summed E-state index contributed by atoms with van der Waals surface area (Å²) < 4.78 is 13.7. The Morgan fingerprint density at radius 3 is 2.19 bits per heavy atom. The van der Waals surface area contributed by atoms with Gasteiger partial charge in [0, 0.05) is 16.0 Å². The Bertz CT molecular complexity index is 711.